The van der Waals surface area contributed by atoms with Gasteiger partial charge in [0, 0.05) is 27.8 Å². The van der Waals surface area contributed by atoms with Gasteiger partial charge in [0.1, 0.15) is 24.6 Å². The molecule has 1 aliphatic rings. The van der Waals surface area contributed by atoms with E-state index in [1.165, 1.54) is 13.2 Å². The van der Waals surface area contributed by atoms with Gasteiger partial charge in [-0.25, -0.2) is 0 Å². The number of carbonyl (C=O) groups is 2. The van der Waals surface area contributed by atoms with Crippen molar-refractivity contribution < 1.29 is 42.4 Å². The highest BCUT2D eigenvalue weighted by Gasteiger charge is 2.48. The molecule has 42 heavy (non-hydrogen) atoms. The predicted octanol–water partition coefficient (Wildman–Crippen LogP) is 6.27. The molecule has 1 rings (SSSR count). The predicted molar refractivity (Wildman–Crippen MR) is 170 cm³/mol. The molecule has 0 saturated carbocycles. The number of halogens is 1. The van der Waals surface area contributed by atoms with Crippen molar-refractivity contribution in [2.24, 2.45) is 0 Å². The molecule has 242 valence electrons. The Labute approximate surface area is 262 Å². The standard InChI is InChI=1S/C31H53BrO9Si/c1-22-27(36-6)28(37-7)29(38-8)30(39-22)40-24(18-14-11-15-19-26(34)35-5)25(41-42(9,10)31(2,3)4)21-23(32)17-13-12-16-20-33/h11-12,14,16,20-22,24-25,27-30H,13,15,17-19H2,1-10H3/b14-11+,16-12+,23-21-/t22-,24-,25+,27-,28+,29+,30-/m0/s1. The van der Waals surface area contributed by atoms with Gasteiger partial charge < -0.3 is 32.8 Å². The average Bonchev–Trinajstić information content (AvgIpc) is 2.92. The first-order valence-corrected chi connectivity index (χ1v) is 18.2. The molecule has 0 bridgehead atoms. The van der Waals surface area contributed by atoms with E-state index in [0.717, 1.165) is 10.8 Å². The van der Waals surface area contributed by atoms with Crippen LogP contribution < -0.4 is 0 Å². The van der Waals surface area contributed by atoms with E-state index in [2.05, 4.69) is 55.9 Å². The van der Waals surface area contributed by atoms with Crippen LogP contribution in [0.15, 0.2) is 34.9 Å². The lowest BCUT2D eigenvalue weighted by Crippen LogP contribution is -2.60. The lowest BCUT2D eigenvalue weighted by Gasteiger charge is -2.46. The molecule has 0 amide bonds. The zero-order valence-electron chi connectivity index (χ0n) is 27.1. The van der Waals surface area contributed by atoms with Crippen LogP contribution in [0.5, 0.6) is 0 Å². The highest BCUT2D eigenvalue weighted by molar-refractivity contribution is 9.11. The fourth-order valence-electron chi connectivity index (χ4n) is 4.38. The number of aldehydes is 1. The molecule has 0 unspecified atom stereocenters. The van der Waals surface area contributed by atoms with Crippen molar-refractivity contribution >= 4 is 36.5 Å². The fraction of sp³-hybridized carbons (Fsp3) is 0.742. The van der Waals surface area contributed by atoms with Gasteiger partial charge in [-0.2, -0.15) is 0 Å². The normalized spacial score (nSPS) is 25.6. The molecular weight excluding hydrogens is 624 g/mol. The second kappa shape index (κ2) is 19.3. The summed E-state index contributed by atoms with van der Waals surface area (Å²) in [5.74, 6) is -0.257. The maximum atomic E-state index is 11.6. The number of rotatable bonds is 18. The number of allylic oxidation sites excluding steroid dienone is 4. The van der Waals surface area contributed by atoms with E-state index in [-0.39, 0.29) is 23.2 Å². The summed E-state index contributed by atoms with van der Waals surface area (Å²) < 4.78 is 43.1. The molecular formula is C31H53BrO9Si. The summed E-state index contributed by atoms with van der Waals surface area (Å²) >= 11 is 3.73. The van der Waals surface area contributed by atoms with Gasteiger partial charge in [-0.15, -0.1) is 0 Å². The average molecular weight is 678 g/mol. The summed E-state index contributed by atoms with van der Waals surface area (Å²) in [6.07, 6.45) is 9.64. The van der Waals surface area contributed by atoms with Crippen molar-refractivity contribution in [3.05, 3.63) is 34.9 Å². The number of hydrogen-bond acceptors (Lipinski definition) is 9. The van der Waals surface area contributed by atoms with Crippen LogP contribution in [0.3, 0.4) is 0 Å². The molecule has 0 aliphatic carbocycles. The first kappa shape index (κ1) is 38.8. The SMILES string of the molecule is COC(=O)CC/C=C/C[C@H](O[C@@H]1O[C@@H](C)[C@H](OC)[C@@H](OC)[C@H]1OC)[C@@H](/C=C(\Br)CC/C=C/C=O)O[Si](C)(C)C(C)(C)C. The van der Waals surface area contributed by atoms with Crippen molar-refractivity contribution in [2.45, 2.75) is 121 Å². The Kier molecular flexibility index (Phi) is 17.8. The van der Waals surface area contributed by atoms with Crippen LogP contribution in [0.1, 0.15) is 59.8 Å². The van der Waals surface area contributed by atoms with Gasteiger partial charge in [0.15, 0.2) is 14.6 Å². The van der Waals surface area contributed by atoms with Gasteiger partial charge >= 0.3 is 5.97 Å². The van der Waals surface area contributed by atoms with Crippen molar-refractivity contribution in [2.75, 3.05) is 28.4 Å². The van der Waals surface area contributed by atoms with Gasteiger partial charge in [0.05, 0.1) is 25.4 Å². The maximum absolute atomic E-state index is 11.6. The third-order valence-corrected chi connectivity index (χ3v) is 13.0. The molecule has 1 heterocycles. The summed E-state index contributed by atoms with van der Waals surface area (Å²) in [7, 11) is 3.98. The molecule has 0 N–H and O–H groups in total. The smallest absolute Gasteiger partial charge is 0.305 e. The molecule has 0 spiro atoms. The zero-order valence-corrected chi connectivity index (χ0v) is 29.7. The Morgan fingerprint density at radius 1 is 0.952 bits per heavy atom. The van der Waals surface area contributed by atoms with Gasteiger partial charge in [0.25, 0.3) is 0 Å². The quantitative estimate of drug-likeness (QED) is 0.0547. The molecule has 1 aliphatic heterocycles. The van der Waals surface area contributed by atoms with Gasteiger partial charge in [-0.05, 0) is 67.4 Å². The summed E-state index contributed by atoms with van der Waals surface area (Å²) in [6.45, 7) is 12.9. The third-order valence-electron chi connectivity index (χ3n) is 7.84. The van der Waals surface area contributed by atoms with Crippen LogP contribution in [0.2, 0.25) is 18.1 Å². The molecule has 0 radical (unpaired) electrons. The topological polar surface area (TPSA) is 98.8 Å². The van der Waals surface area contributed by atoms with Gasteiger partial charge in [0.2, 0.25) is 0 Å². The number of esters is 1. The molecule has 0 aromatic carbocycles. The highest BCUT2D eigenvalue weighted by atomic mass is 79.9. The Bertz CT molecular complexity index is 899. The van der Waals surface area contributed by atoms with Crippen molar-refractivity contribution in [3.63, 3.8) is 0 Å². The lowest BCUT2D eigenvalue weighted by atomic mass is 9.99. The first-order valence-electron chi connectivity index (χ1n) is 14.5. The Morgan fingerprint density at radius 3 is 2.12 bits per heavy atom. The lowest BCUT2D eigenvalue weighted by molar-refractivity contribution is -0.318. The van der Waals surface area contributed by atoms with E-state index in [4.69, 9.17) is 32.8 Å². The number of methoxy groups -OCH3 is 4. The van der Waals surface area contributed by atoms with Crippen LogP contribution in [0.4, 0.5) is 0 Å². The van der Waals surface area contributed by atoms with Gasteiger partial charge in [-0.3, -0.25) is 9.59 Å². The third kappa shape index (κ3) is 12.4. The van der Waals surface area contributed by atoms with Crippen LogP contribution in [-0.4, -0.2) is 91.9 Å². The van der Waals surface area contributed by atoms with E-state index >= 15 is 0 Å². The van der Waals surface area contributed by atoms with Gasteiger partial charge in [-0.1, -0.05) is 54.9 Å². The molecule has 1 fully saturated rings. The van der Waals surface area contributed by atoms with E-state index in [9.17, 15) is 9.59 Å². The number of carbonyl (C=O) groups excluding carboxylic acids is 2. The van der Waals surface area contributed by atoms with Crippen LogP contribution in [-0.2, 0) is 42.4 Å². The molecule has 7 atom stereocenters. The minimum atomic E-state index is -2.27. The minimum absolute atomic E-state index is 0.0447. The van der Waals surface area contributed by atoms with Crippen LogP contribution >= 0.6 is 15.9 Å². The fourth-order valence-corrected chi connectivity index (χ4v) is 6.13. The Morgan fingerprint density at radius 2 is 1.57 bits per heavy atom. The number of ether oxygens (including phenoxy) is 6. The van der Waals surface area contributed by atoms with E-state index in [0.29, 0.717) is 32.1 Å². The Hall–Kier alpha value is -1.18. The summed E-state index contributed by atoms with van der Waals surface area (Å²) in [5, 5.41) is -0.0447. The summed E-state index contributed by atoms with van der Waals surface area (Å²) in [4.78, 5) is 22.3. The zero-order chi connectivity index (χ0) is 31.9. The summed E-state index contributed by atoms with van der Waals surface area (Å²) in [6, 6.07) is 0. The Balaban J connectivity index is 3.47. The molecule has 9 nitrogen and oxygen atoms in total. The second-order valence-corrected chi connectivity index (χ2v) is 17.6. The molecule has 1 saturated heterocycles. The molecule has 11 heteroatoms. The van der Waals surface area contributed by atoms with E-state index in [1.54, 1.807) is 21.3 Å². The largest absolute Gasteiger partial charge is 0.469 e. The summed E-state index contributed by atoms with van der Waals surface area (Å²) in [5.41, 5.74) is 0. The monoisotopic (exact) mass is 676 g/mol. The van der Waals surface area contributed by atoms with Crippen LogP contribution in [0, 0.1) is 0 Å². The van der Waals surface area contributed by atoms with Crippen molar-refractivity contribution in [3.8, 4) is 0 Å². The first-order chi connectivity index (χ1) is 19.8. The van der Waals surface area contributed by atoms with E-state index in [1.807, 2.05) is 25.2 Å². The second-order valence-electron chi connectivity index (χ2n) is 11.9. The molecule has 0 aromatic rings. The molecule has 0 aromatic heterocycles. The number of hydrogen-bond donors (Lipinski definition) is 0. The van der Waals surface area contributed by atoms with Crippen molar-refractivity contribution in [1.29, 1.82) is 0 Å². The van der Waals surface area contributed by atoms with E-state index < -0.39 is 39.0 Å². The van der Waals surface area contributed by atoms with Crippen LogP contribution in [0.25, 0.3) is 0 Å². The highest BCUT2D eigenvalue weighted by Crippen LogP contribution is 2.39. The minimum Gasteiger partial charge on any atom is -0.469 e. The maximum Gasteiger partial charge on any atom is 0.305 e. The van der Waals surface area contributed by atoms with Crippen molar-refractivity contribution in [1.82, 2.24) is 0 Å².